The lowest BCUT2D eigenvalue weighted by atomic mass is 9.98. The molecule has 5 nitrogen and oxygen atoms in total. The van der Waals surface area contributed by atoms with E-state index in [4.69, 9.17) is 0 Å². The third-order valence-electron chi connectivity index (χ3n) is 5.53. The van der Waals surface area contributed by atoms with Crippen LogP contribution >= 0.6 is 0 Å². The molecule has 0 spiro atoms. The zero-order valence-electron chi connectivity index (χ0n) is 16.9. The van der Waals surface area contributed by atoms with Crippen molar-refractivity contribution in [3.8, 4) is 0 Å². The smallest absolute Gasteiger partial charge is 0.228 e. The molecule has 29 heavy (non-hydrogen) atoms. The van der Waals surface area contributed by atoms with E-state index in [9.17, 15) is 9.59 Å². The van der Waals surface area contributed by atoms with Crippen LogP contribution in [0.25, 0.3) is 10.9 Å². The molecule has 1 fully saturated rings. The first-order chi connectivity index (χ1) is 14.0. The summed E-state index contributed by atoms with van der Waals surface area (Å²) >= 11 is 0. The van der Waals surface area contributed by atoms with E-state index >= 15 is 0 Å². The van der Waals surface area contributed by atoms with Crippen molar-refractivity contribution in [3.05, 3.63) is 65.9 Å². The van der Waals surface area contributed by atoms with Gasteiger partial charge in [-0.05, 0) is 42.5 Å². The first-order valence-electron chi connectivity index (χ1n) is 10.0. The second kappa shape index (κ2) is 7.66. The molecule has 0 aliphatic heterocycles. The Morgan fingerprint density at radius 2 is 1.66 bits per heavy atom. The van der Waals surface area contributed by atoms with E-state index in [1.165, 1.54) is 0 Å². The molecule has 2 amide bonds. The summed E-state index contributed by atoms with van der Waals surface area (Å²) in [6, 6.07) is 15.6. The van der Waals surface area contributed by atoms with Crippen LogP contribution in [0.3, 0.4) is 0 Å². The highest BCUT2D eigenvalue weighted by Gasteiger charge is 2.48. The molecule has 1 aliphatic carbocycles. The van der Waals surface area contributed by atoms with Crippen LogP contribution in [0.5, 0.6) is 0 Å². The van der Waals surface area contributed by atoms with E-state index in [0.29, 0.717) is 18.0 Å². The van der Waals surface area contributed by atoms with Crippen molar-refractivity contribution >= 4 is 34.1 Å². The first kappa shape index (κ1) is 19.1. The Kier molecular flexibility index (Phi) is 5.05. The fraction of sp³-hybridized carbons (Fsp3) is 0.292. The van der Waals surface area contributed by atoms with Crippen molar-refractivity contribution in [1.82, 2.24) is 4.98 Å². The normalized spacial score (nSPS) is 17.9. The maximum atomic E-state index is 12.8. The van der Waals surface area contributed by atoms with Crippen LogP contribution in [0.2, 0.25) is 0 Å². The molecule has 0 saturated heterocycles. The second-order valence-electron chi connectivity index (χ2n) is 8.00. The zero-order chi connectivity index (χ0) is 20.5. The summed E-state index contributed by atoms with van der Waals surface area (Å²) in [5.41, 5.74) is 4.46. The van der Waals surface area contributed by atoms with Gasteiger partial charge < -0.3 is 10.6 Å². The Hall–Kier alpha value is -3.21. The van der Waals surface area contributed by atoms with Gasteiger partial charge >= 0.3 is 0 Å². The van der Waals surface area contributed by atoms with Gasteiger partial charge in [0.05, 0.1) is 23.0 Å². The van der Waals surface area contributed by atoms with Gasteiger partial charge in [-0.2, -0.15) is 0 Å². The molecule has 1 heterocycles. The molecule has 2 N–H and O–H groups in total. The summed E-state index contributed by atoms with van der Waals surface area (Å²) in [6.45, 7) is 6.21. The van der Waals surface area contributed by atoms with Crippen molar-refractivity contribution in [2.45, 2.75) is 33.1 Å². The molecule has 148 valence electrons. The molecule has 1 aliphatic rings. The highest BCUT2D eigenvalue weighted by atomic mass is 16.2. The van der Waals surface area contributed by atoms with Gasteiger partial charge in [0.25, 0.3) is 0 Å². The number of hydrogen-bond donors (Lipinski definition) is 2. The summed E-state index contributed by atoms with van der Waals surface area (Å²) in [7, 11) is 0. The predicted octanol–water partition coefficient (Wildman–Crippen LogP) is 4.88. The number of pyridine rings is 1. The average molecular weight is 387 g/mol. The summed E-state index contributed by atoms with van der Waals surface area (Å²) < 4.78 is 0. The van der Waals surface area contributed by atoms with Gasteiger partial charge in [0.15, 0.2) is 0 Å². The predicted molar refractivity (Wildman–Crippen MR) is 116 cm³/mol. The molecule has 5 heteroatoms. The Morgan fingerprint density at radius 1 is 0.966 bits per heavy atom. The zero-order valence-corrected chi connectivity index (χ0v) is 16.9. The number of benzene rings is 2. The molecule has 4 rings (SSSR count). The molecule has 2 unspecified atom stereocenters. The lowest BCUT2D eigenvalue weighted by Crippen LogP contribution is -2.21. The minimum absolute atomic E-state index is 0.0857. The highest BCUT2D eigenvalue weighted by Crippen LogP contribution is 2.41. The Bertz CT molecular complexity index is 1090. The van der Waals surface area contributed by atoms with Crippen molar-refractivity contribution in [2.24, 2.45) is 11.8 Å². The number of nitrogens with one attached hydrogen (secondary N) is 2. The number of anilines is 2. The van der Waals surface area contributed by atoms with E-state index in [-0.39, 0.29) is 23.7 Å². The van der Waals surface area contributed by atoms with E-state index in [0.717, 1.165) is 27.7 Å². The fourth-order valence-electron chi connectivity index (χ4n) is 3.76. The summed E-state index contributed by atoms with van der Waals surface area (Å²) in [5.74, 6) is -0.505. The lowest BCUT2D eigenvalue weighted by molar-refractivity contribution is -0.122. The summed E-state index contributed by atoms with van der Waals surface area (Å²) in [5, 5.41) is 6.99. The standard InChI is InChI=1S/C24H25N3O2/c1-14(2)17-10-4-7-15(3)21(17)27-24(29)19-13-18(19)23(28)26-20-11-5-8-16-9-6-12-25-22(16)20/h4-12,14,18-19H,13H2,1-3H3,(H,26,28)(H,27,29). The number of aromatic nitrogens is 1. The van der Waals surface area contributed by atoms with Crippen LogP contribution in [0.4, 0.5) is 11.4 Å². The number of rotatable bonds is 5. The quantitative estimate of drug-likeness (QED) is 0.655. The van der Waals surface area contributed by atoms with Crippen LogP contribution in [-0.4, -0.2) is 16.8 Å². The molecule has 2 atom stereocenters. The molecule has 2 aromatic carbocycles. The van der Waals surface area contributed by atoms with Gasteiger partial charge in [0.1, 0.15) is 0 Å². The van der Waals surface area contributed by atoms with Crippen molar-refractivity contribution in [1.29, 1.82) is 0 Å². The number of fused-ring (bicyclic) bond motifs is 1. The van der Waals surface area contributed by atoms with Crippen molar-refractivity contribution in [3.63, 3.8) is 0 Å². The number of aryl methyl sites for hydroxylation is 1. The molecule has 3 aromatic rings. The number of carbonyl (C=O) groups is 2. The van der Waals surface area contributed by atoms with Gasteiger partial charge in [-0.25, -0.2) is 0 Å². The Labute approximate surface area is 170 Å². The monoisotopic (exact) mass is 387 g/mol. The third-order valence-corrected chi connectivity index (χ3v) is 5.53. The molecular formula is C24H25N3O2. The van der Waals surface area contributed by atoms with Gasteiger partial charge in [0.2, 0.25) is 11.8 Å². The molecule has 1 aromatic heterocycles. The maximum absolute atomic E-state index is 12.8. The van der Waals surface area contributed by atoms with E-state index in [2.05, 4.69) is 29.5 Å². The van der Waals surface area contributed by atoms with Crippen LogP contribution in [0, 0.1) is 18.8 Å². The summed E-state index contributed by atoms with van der Waals surface area (Å²) in [6.07, 6.45) is 2.28. The second-order valence-corrected chi connectivity index (χ2v) is 8.00. The fourth-order valence-corrected chi connectivity index (χ4v) is 3.76. The van der Waals surface area contributed by atoms with E-state index in [1.807, 2.05) is 55.5 Å². The van der Waals surface area contributed by atoms with Crippen LogP contribution in [0.15, 0.2) is 54.7 Å². The van der Waals surface area contributed by atoms with Gasteiger partial charge in [0, 0.05) is 17.3 Å². The lowest BCUT2D eigenvalue weighted by Gasteiger charge is -2.16. The van der Waals surface area contributed by atoms with Crippen LogP contribution < -0.4 is 10.6 Å². The number of para-hydroxylation sites is 2. The SMILES string of the molecule is Cc1cccc(C(C)C)c1NC(=O)C1CC1C(=O)Nc1cccc2cccnc12. The van der Waals surface area contributed by atoms with Gasteiger partial charge in [-0.3, -0.25) is 14.6 Å². The first-order valence-corrected chi connectivity index (χ1v) is 10.0. The Morgan fingerprint density at radius 3 is 2.41 bits per heavy atom. The van der Waals surface area contributed by atoms with Crippen molar-refractivity contribution in [2.75, 3.05) is 10.6 Å². The highest BCUT2D eigenvalue weighted by molar-refractivity contribution is 6.06. The van der Waals surface area contributed by atoms with E-state index in [1.54, 1.807) is 6.20 Å². The van der Waals surface area contributed by atoms with Crippen LogP contribution in [0.1, 0.15) is 37.3 Å². The average Bonchev–Trinajstić information content (AvgIpc) is 3.51. The third kappa shape index (κ3) is 3.86. The van der Waals surface area contributed by atoms with Gasteiger partial charge in [-0.15, -0.1) is 0 Å². The number of hydrogen-bond acceptors (Lipinski definition) is 3. The van der Waals surface area contributed by atoms with Crippen molar-refractivity contribution < 1.29 is 9.59 Å². The molecule has 0 radical (unpaired) electrons. The number of nitrogens with zero attached hydrogens (tertiary/aromatic N) is 1. The topological polar surface area (TPSA) is 71.1 Å². The largest absolute Gasteiger partial charge is 0.325 e. The maximum Gasteiger partial charge on any atom is 0.228 e. The Balaban J connectivity index is 1.45. The number of carbonyl (C=O) groups excluding carboxylic acids is 2. The van der Waals surface area contributed by atoms with Gasteiger partial charge in [-0.1, -0.05) is 50.2 Å². The minimum atomic E-state index is -0.305. The summed E-state index contributed by atoms with van der Waals surface area (Å²) in [4.78, 5) is 29.9. The van der Waals surface area contributed by atoms with E-state index < -0.39 is 0 Å². The molecular weight excluding hydrogens is 362 g/mol. The molecule has 0 bridgehead atoms. The van der Waals surface area contributed by atoms with Crippen LogP contribution in [-0.2, 0) is 9.59 Å². The molecule has 1 saturated carbocycles. The number of amides is 2. The minimum Gasteiger partial charge on any atom is -0.325 e.